The number of carbonyl (C=O) groups excluding carboxylic acids is 2. The van der Waals surface area contributed by atoms with E-state index in [1.807, 2.05) is 0 Å². The summed E-state index contributed by atoms with van der Waals surface area (Å²) in [6.45, 7) is 3.51. The number of nitrogens with zero attached hydrogens (tertiary/aromatic N) is 2. The molecule has 1 aromatic rings. The molecule has 0 spiro atoms. The summed E-state index contributed by atoms with van der Waals surface area (Å²) >= 11 is 3.25. The molecule has 1 aliphatic rings. The van der Waals surface area contributed by atoms with Gasteiger partial charge in [-0.25, -0.2) is 4.39 Å². The van der Waals surface area contributed by atoms with Gasteiger partial charge in [-0.1, -0.05) is 0 Å². The summed E-state index contributed by atoms with van der Waals surface area (Å²) in [4.78, 5) is 26.8. The Labute approximate surface area is 119 Å². The van der Waals surface area contributed by atoms with Crippen LogP contribution in [0.15, 0.2) is 22.7 Å². The second kappa shape index (κ2) is 5.69. The fourth-order valence-electron chi connectivity index (χ4n) is 2.06. The highest BCUT2D eigenvalue weighted by molar-refractivity contribution is 9.10. The van der Waals surface area contributed by atoms with E-state index in [1.54, 1.807) is 9.80 Å². The molecular formula is C13H14BrFN2O2. The number of halogens is 2. The van der Waals surface area contributed by atoms with Crippen LogP contribution in [0.4, 0.5) is 4.39 Å². The largest absolute Gasteiger partial charge is 0.339 e. The zero-order valence-corrected chi connectivity index (χ0v) is 12.1. The average molecular weight is 329 g/mol. The third-order valence-electron chi connectivity index (χ3n) is 3.17. The van der Waals surface area contributed by atoms with Gasteiger partial charge in [-0.15, -0.1) is 0 Å². The zero-order chi connectivity index (χ0) is 14.0. The van der Waals surface area contributed by atoms with E-state index in [0.29, 0.717) is 36.2 Å². The molecule has 1 heterocycles. The van der Waals surface area contributed by atoms with Crippen LogP contribution in [0.25, 0.3) is 0 Å². The van der Waals surface area contributed by atoms with Gasteiger partial charge in [0.25, 0.3) is 5.91 Å². The summed E-state index contributed by atoms with van der Waals surface area (Å²) in [5.74, 6) is -0.637. The van der Waals surface area contributed by atoms with Crippen LogP contribution in [-0.4, -0.2) is 47.8 Å². The summed E-state index contributed by atoms with van der Waals surface area (Å²) in [6.07, 6.45) is 0. The summed E-state index contributed by atoms with van der Waals surface area (Å²) in [5, 5.41) is 0. The second-order valence-corrected chi connectivity index (χ2v) is 5.28. The molecule has 1 saturated heterocycles. The molecule has 0 unspecified atom stereocenters. The van der Waals surface area contributed by atoms with Gasteiger partial charge in [-0.2, -0.15) is 0 Å². The van der Waals surface area contributed by atoms with E-state index in [9.17, 15) is 14.0 Å². The summed E-state index contributed by atoms with van der Waals surface area (Å²) in [7, 11) is 0. The molecular weight excluding hydrogens is 315 g/mol. The smallest absolute Gasteiger partial charge is 0.255 e. The van der Waals surface area contributed by atoms with E-state index in [0.717, 1.165) is 0 Å². The molecule has 0 bridgehead atoms. The van der Waals surface area contributed by atoms with Crippen LogP contribution in [0, 0.1) is 5.82 Å². The minimum atomic E-state index is -0.436. The van der Waals surface area contributed by atoms with Gasteiger partial charge < -0.3 is 9.80 Å². The number of amides is 2. The van der Waals surface area contributed by atoms with Gasteiger partial charge in [0.2, 0.25) is 5.91 Å². The third-order valence-corrected chi connectivity index (χ3v) is 3.86. The van der Waals surface area contributed by atoms with Crippen LogP contribution in [-0.2, 0) is 4.79 Å². The molecule has 0 aromatic heterocycles. The fraction of sp³-hybridized carbons (Fsp3) is 0.385. The second-order valence-electron chi connectivity index (χ2n) is 4.42. The minimum Gasteiger partial charge on any atom is -0.339 e. The SMILES string of the molecule is CC(=O)N1CCN(C(=O)c2cc(F)ccc2Br)CC1. The predicted octanol–water partition coefficient (Wildman–Crippen LogP) is 1.89. The maximum absolute atomic E-state index is 13.2. The Morgan fingerprint density at radius 2 is 1.74 bits per heavy atom. The van der Waals surface area contributed by atoms with Gasteiger partial charge in [-0.05, 0) is 34.1 Å². The first kappa shape index (κ1) is 14.0. The Hall–Kier alpha value is -1.43. The quantitative estimate of drug-likeness (QED) is 0.790. The van der Waals surface area contributed by atoms with E-state index in [2.05, 4.69) is 15.9 Å². The van der Waals surface area contributed by atoms with Crippen molar-refractivity contribution in [2.75, 3.05) is 26.2 Å². The van der Waals surface area contributed by atoms with Crippen molar-refractivity contribution in [2.45, 2.75) is 6.92 Å². The van der Waals surface area contributed by atoms with Crippen LogP contribution >= 0.6 is 15.9 Å². The standard InChI is InChI=1S/C13H14BrFN2O2/c1-9(18)16-4-6-17(7-5-16)13(19)11-8-10(15)2-3-12(11)14/h2-3,8H,4-7H2,1H3. The number of carbonyl (C=O) groups is 2. The van der Waals surface area contributed by atoms with E-state index >= 15 is 0 Å². The molecule has 1 aromatic carbocycles. The van der Waals surface area contributed by atoms with Crippen LogP contribution in [0.1, 0.15) is 17.3 Å². The highest BCUT2D eigenvalue weighted by Crippen LogP contribution is 2.20. The zero-order valence-electron chi connectivity index (χ0n) is 10.5. The van der Waals surface area contributed by atoms with Crippen molar-refractivity contribution >= 4 is 27.7 Å². The van der Waals surface area contributed by atoms with Crippen LogP contribution < -0.4 is 0 Å². The molecule has 0 aliphatic carbocycles. The van der Waals surface area contributed by atoms with Crippen molar-refractivity contribution in [3.05, 3.63) is 34.1 Å². The Balaban J connectivity index is 2.09. The van der Waals surface area contributed by atoms with Gasteiger partial charge in [0.15, 0.2) is 0 Å². The van der Waals surface area contributed by atoms with Crippen molar-refractivity contribution in [2.24, 2.45) is 0 Å². The van der Waals surface area contributed by atoms with Gasteiger partial charge >= 0.3 is 0 Å². The number of rotatable bonds is 1. The fourth-order valence-corrected chi connectivity index (χ4v) is 2.47. The summed E-state index contributed by atoms with van der Waals surface area (Å²) in [6, 6.07) is 4.05. The lowest BCUT2D eigenvalue weighted by Crippen LogP contribution is -2.50. The van der Waals surface area contributed by atoms with Crippen molar-refractivity contribution in [1.29, 1.82) is 0 Å². The lowest BCUT2D eigenvalue weighted by molar-refractivity contribution is -0.130. The van der Waals surface area contributed by atoms with Gasteiger partial charge in [0.1, 0.15) is 5.82 Å². The predicted molar refractivity (Wildman–Crippen MR) is 72.3 cm³/mol. The Morgan fingerprint density at radius 1 is 1.16 bits per heavy atom. The first-order valence-electron chi connectivity index (χ1n) is 5.99. The van der Waals surface area contributed by atoms with E-state index in [4.69, 9.17) is 0 Å². The Morgan fingerprint density at radius 3 is 2.32 bits per heavy atom. The molecule has 0 saturated carbocycles. The molecule has 6 heteroatoms. The molecule has 0 atom stereocenters. The van der Waals surface area contributed by atoms with E-state index in [-0.39, 0.29) is 11.8 Å². The monoisotopic (exact) mass is 328 g/mol. The summed E-state index contributed by atoms with van der Waals surface area (Å²) in [5.41, 5.74) is 0.316. The van der Waals surface area contributed by atoms with Crippen molar-refractivity contribution in [1.82, 2.24) is 9.80 Å². The normalized spacial score (nSPS) is 15.5. The molecule has 102 valence electrons. The van der Waals surface area contributed by atoms with E-state index < -0.39 is 5.82 Å². The number of hydrogen-bond donors (Lipinski definition) is 0. The number of piperazine rings is 1. The Kier molecular flexibility index (Phi) is 4.19. The molecule has 2 amide bonds. The average Bonchev–Trinajstić information content (AvgIpc) is 2.41. The van der Waals surface area contributed by atoms with Crippen LogP contribution in [0.2, 0.25) is 0 Å². The highest BCUT2D eigenvalue weighted by Gasteiger charge is 2.24. The third kappa shape index (κ3) is 3.12. The van der Waals surface area contributed by atoms with E-state index in [1.165, 1.54) is 25.1 Å². The van der Waals surface area contributed by atoms with Crippen molar-refractivity contribution in [3.8, 4) is 0 Å². The molecule has 2 rings (SSSR count). The van der Waals surface area contributed by atoms with Gasteiger partial charge in [-0.3, -0.25) is 9.59 Å². The molecule has 1 fully saturated rings. The maximum Gasteiger partial charge on any atom is 0.255 e. The first-order valence-corrected chi connectivity index (χ1v) is 6.78. The maximum atomic E-state index is 13.2. The first-order chi connectivity index (χ1) is 8.99. The van der Waals surface area contributed by atoms with Crippen LogP contribution in [0.5, 0.6) is 0 Å². The van der Waals surface area contributed by atoms with Gasteiger partial charge in [0, 0.05) is 37.6 Å². The number of hydrogen-bond acceptors (Lipinski definition) is 2. The van der Waals surface area contributed by atoms with Gasteiger partial charge in [0.05, 0.1) is 5.56 Å². The van der Waals surface area contributed by atoms with Crippen molar-refractivity contribution in [3.63, 3.8) is 0 Å². The Bertz CT molecular complexity index is 513. The number of benzene rings is 1. The lowest BCUT2D eigenvalue weighted by Gasteiger charge is -2.34. The molecule has 0 N–H and O–H groups in total. The molecule has 4 nitrogen and oxygen atoms in total. The minimum absolute atomic E-state index is 0.0130. The highest BCUT2D eigenvalue weighted by atomic mass is 79.9. The molecule has 0 radical (unpaired) electrons. The molecule has 1 aliphatic heterocycles. The van der Waals surface area contributed by atoms with Crippen LogP contribution in [0.3, 0.4) is 0 Å². The topological polar surface area (TPSA) is 40.6 Å². The summed E-state index contributed by atoms with van der Waals surface area (Å²) < 4.78 is 13.8. The van der Waals surface area contributed by atoms with Crippen molar-refractivity contribution < 1.29 is 14.0 Å². The lowest BCUT2D eigenvalue weighted by atomic mass is 10.1. The molecule has 19 heavy (non-hydrogen) atoms.